The Morgan fingerprint density at radius 2 is 1.76 bits per heavy atom. The molecule has 0 bridgehead atoms. The predicted molar refractivity (Wildman–Crippen MR) is 81.2 cm³/mol. The molecule has 0 aliphatic carbocycles. The lowest BCUT2D eigenvalue weighted by atomic mass is 10.1. The minimum atomic E-state index is -0.497. The van der Waals surface area contributed by atoms with E-state index in [4.69, 9.17) is 0 Å². The number of nitro groups is 2. The third-order valence-electron chi connectivity index (χ3n) is 2.82. The van der Waals surface area contributed by atoms with Crippen LogP contribution in [0.2, 0.25) is 0 Å². The summed E-state index contributed by atoms with van der Waals surface area (Å²) in [5, 5.41) is 24.6. The van der Waals surface area contributed by atoms with E-state index in [1.165, 1.54) is 18.2 Å². The van der Waals surface area contributed by atoms with Crippen molar-refractivity contribution in [1.82, 2.24) is 0 Å². The smallest absolute Gasteiger partial charge is 0.274 e. The molecule has 0 fully saturated rings. The molecule has 2 aromatic carbocycles. The quantitative estimate of drug-likeness (QED) is 0.650. The molecule has 0 atom stereocenters. The van der Waals surface area contributed by atoms with Crippen molar-refractivity contribution < 1.29 is 9.85 Å². The van der Waals surface area contributed by atoms with Gasteiger partial charge in [-0.15, -0.1) is 0 Å². The number of halogens is 1. The van der Waals surface area contributed by atoms with E-state index < -0.39 is 9.85 Å². The minimum absolute atomic E-state index is 0.00607. The Balaban J connectivity index is 2.22. The number of rotatable bonds is 5. The average molecular weight is 352 g/mol. The Morgan fingerprint density at radius 1 is 1.05 bits per heavy atom. The number of non-ortho nitro benzene ring substituents is 1. The molecule has 0 aromatic heterocycles. The van der Waals surface area contributed by atoms with E-state index in [0.29, 0.717) is 15.7 Å². The van der Waals surface area contributed by atoms with Crippen molar-refractivity contribution in [2.45, 2.75) is 6.54 Å². The van der Waals surface area contributed by atoms with Crippen LogP contribution in [0.15, 0.2) is 46.9 Å². The lowest BCUT2D eigenvalue weighted by Gasteiger charge is -2.09. The highest BCUT2D eigenvalue weighted by Crippen LogP contribution is 2.28. The van der Waals surface area contributed by atoms with E-state index in [9.17, 15) is 20.2 Å². The minimum Gasteiger partial charge on any atom is -0.380 e. The van der Waals surface area contributed by atoms with E-state index in [-0.39, 0.29) is 17.9 Å². The van der Waals surface area contributed by atoms with Gasteiger partial charge < -0.3 is 5.32 Å². The van der Waals surface area contributed by atoms with E-state index in [0.717, 1.165) is 0 Å². The zero-order valence-corrected chi connectivity index (χ0v) is 12.2. The van der Waals surface area contributed by atoms with E-state index in [2.05, 4.69) is 21.2 Å². The SMILES string of the molecule is O=[N+]([O-])c1ccc(Br)c(NCc2ccccc2[N+](=O)[O-])c1. The Labute approximate surface area is 128 Å². The first kappa shape index (κ1) is 14.9. The van der Waals surface area contributed by atoms with E-state index >= 15 is 0 Å². The van der Waals surface area contributed by atoms with Gasteiger partial charge in [-0.1, -0.05) is 18.2 Å². The molecule has 21 heavy (non-hydrogen) atoms. The molecule has 0 aliphatic rings. The van der Waals surface area contributed by atoms with Crippen LogP contribution < -0.4 is 5.32 Å². The number of benzene rings is 2. The second-order valence-electron chi connectivity index (χ2n) is 4.16. The summed E-state index contributed by atoms with van der Waals surface area (Å²) in [6.07, 6.45) is 0. The van der Waals surface area contributed by atoms with Gasteiger partial charge >= 0.3 is 0 Å². The Morgan fingerprint density at radius 3 is 2.43 bits per heavy atom. The number of nitrogens with one attached hydrogen (secondary N) is 1. The Kier molecular flexibility index (Phi) is 4.49. The molecule has 1 N–H and O–H groups in total. The van der Waals surface area contributed by atoms with Gasteiger partial charge in [0.15, 0.2) is 0 Å². The van der Waals surface area contributed by atoms with Gasteiger partial charge in [0, 0.05) is 34.8 Å². The third-order valence-corrected chi connectivity index (χ3v) is 3.51. The number of para-hydroxylation sites is 1. The van der Waals surface area contributed by atoms with Crippen LogP contribution in [0, 0.1) is 20.2 Å². The second kappa shape index (κ2) is 6.31. The molecule has 0 unspecified atom stereocenters. The number of nitrogens with zero attached hydrogens (tertiary/aromatic N) is 2. The van der Waals surface area contributed by atoms with Gasteiger partial charge in [-0.25, -0.2) is 0 Å². The Hall–Kier alpha value is -2.48. The first-order chi connectivity index (χ1) is 9.99. The topological polar surface area (TPSA) is 98.3 Å². The first-order valence-electron chi connectivity index (χ1n) is 5.89. The highest BCUT2D eigenvalue weighted by Gasteiger charge is 2.13. The summed E-state index contributed by atoms with van der Waals surface area (Å²) < 4.78 is 0.645. The standard InChI is InChI=1S/C13H10BrN3O4/c14-11-6-5-10(16(18)19)7-12(11)15-8-9-3-1-2-4-13(9)17(20)21/h1-7,15H,8H2. The van der Waals surface area contributed by atoms with Crippen molar-refractivity contribution >= 4 is 33.0 Å². The fraction of sp³-hybridized carbons (Fsp3) is 0.0769. The Bertz CT molecular complexity index is 706. The normalized spacial score (nSPS) is 10.1. The summed E-state index contributed by atoms with van der Waals surface area (Å²) in [4.78, 5) is 20.7. The average Bonchev–Trinajstić information content (AvgIpc) is 2.46. The van der Waals surface area contributed by atoms with E-state index in [1.54, 1.807) is 24.3 Å². The number of hydrogen-bond acceptors (Lipinski definition) is 5. The molecule has 0 radical (unpaired) electrons. The summed E-state index contributed by atoms with van der Waals surface area (Å²) in [5.74, 6) is 0. The summed E-state index contributed by atoms with van der Waals surface area (Å²) >= 11 is 3.28. The molecule has 0 aliphatic heterocycles. The van der Waals surface area contributed by atoms with Gasteiger partial charge in [-0.2, -0.15) is 0 Å². The van der Waals surface area contributed by atoms with Crippen molar-refractivity contribution in [3.63, 3.8) is 0 Å². The van der Waals surface area contributed by atoms with Crippen LogP contribution in [-0.2, 0) is 6.54 Å². The molecule has 108 valence electrons. The lowest BCUT2D eigenvalue weighted by Crippen LogP contribution is -2.04. The van der Waals surface area contributed by atoms with Gasteiger partial charge in [0.2, 0.25) is 0 Å². The van der Waals surface area contributed by atoms with Crippen LogP contribution >= 0.6 is 15.9 Å². The van der Waals surface area contributed by atoms with Crippen molar-refractivity contribution in [3.8, 4) is 0 Å². The molecule has 2 rings (SSSR count). The molecule has 0 heterocycles. The summed E-state index contributed by atoms with van der Waals surface area (Å²) in [6.45, 7) is 0.191. The molecule has 0 saturated carbocycles. The number of hydrogen-bond donors (Lipinski definition) is 1. The maximum Gasteiger partial charge on any atom is 0.274 e. The highest BCUT2D eigenvalue weighted by atomic mass is 79.9. The molecule has 7 nitrogen and oxygen atoms in total. The lowest BCUT2D eigenvalue weighted by molar-refractivity contribution is -0.385. The van der Waals surface area contributed by atoms with Gasteiger partial charge in [-0.3, -0.25) is 20.2 Å². The molecule has 0 saturated heterocycles. The number of anilines is 1. The molecule has 8 heteroatoms. The van der Waals surface area contributed by atoms with Gasteiger partial charge in [0.25, 0.3) is 11.4 Å². The summed E-state index contributed by atoms with van der Waals surface area (Å²) in [6, 6.07) is 10.6. The van der Waals surface area contributed by atoms with Crippen LogP contribution in [-0.4, -0.2) is 9.85 Å². The van der Waals surface area contributed by atoms with Crippen LogP contribution in [0.25, 0.3) is 0 Å². The van der Waals surface area contributed by atoms with Crippen LogP contribution in [0.5, 0.6) is 0 Å². The highest BCUT2D eigenvalue weighted by molar-refractivity contribution is 9.10. The monoisotopic (exact) mass is 351 g/mol. The second-order valence-corrected chi connectivity index (χ2v) is 5.01. The van der Waals surface area contributed by atoms with Gasteiger partial charge in [0.05, 0.1) is 15.5 Å². The molecular formula is C13H10BrN3O4. The van der Waals surface area contributed by atoms with Crippen LogP contribution in [0.4, 0.5) is 17.1 Å². The molecule has 2 aromatic rings. The van der Waals surface area contributed by atoms with Gasteiger partial charge in [0.1, 0.15) is 0 Å². The van der Waals surface area contributed by atoms with Crippen molar-refractivity contribution in [1.29, 1.82) is 0 Å². The zero-order valence-electron chi connectivity index (χ0n) is 10.7. The van der Waals surface area contributed by atoms with E-state index in [1.807, 2.05) is 0 Å². The summed E-state index contributed by atoms with van der Waals surface area (Å²) in [7, 11) is 0. The maximum atomic E-state index is 10.9. The van der Waals surface area contributed by atoms with Crippen molar-refractivity contribution in [3.05, 3.63) is 72.7 Å². The maximum absolute atomic E-state index is 10.9. The molecule has 0 amide bonds. The van der Waals surface area contributed by atoms with Crippen molar-refractivity contribution in [2.75, 3.05) is 5.32 Å². The number of nitro benzene ring substituents is 2. The zero-order chi connectivity index (χ0) is 15.4. The predicted octanol–water partition coefficient (Wildman–Crippen LogP) is 3.88. The summed E-state index contributed by atoms with van der Waals surface area (Å²) in [5.41, 5.74) is 0.957. The van der Waals surface area contributed by atoms with Crippen LogP contribution in [0.3, 0.4) is 0 Å². The fourth-order valence-corrected chi connectivity index (χ4v) is 2.18. The molecule has 0 spiro atoms. The van der Waals surface area contributed by atoms with Crippen LogP contribution in [0.1, 0.15) is 5.56 Å². The first-order valence-corrected chi connectivity index (χ1v) is 6.68. The van der Waals surface area contributed by atoms with Gasteiger partial charge in [-0.05, 0) is 22.0 Å². The largest absolute Gasteiger partial charge is 0.380 e. The third kappa shape index (κ3) is 3.54. The van der Waals surface area contributed by atoms with Crippen molar-refractivity contribution in [2.24, 2.45) is 0 Å². The molecular weight excluding hydrogens is 342 g/mol. The fourth-order valence-electron chi connectivity index (χ4n) is 1.79.